The van der Waals surface area contributed by atoms with Crippen molar-refractivity contribution < 1.29 is 111 Å². The molecule has 1 rings (SSSR count). The number of phenols is 2. The van der Waals surface area contributed by atoms with Gasteiger partial charge in [-0.3, -0.25) is 0 Å². The first-order valence-corrected chi connectivity index (χ1v) is 3.46. The minimum Gasteiger partial charge on any atom is -1.00 e. The van der Waals surface area contributed by atoms with Gasteiger partial charge in [-0.2, -0.15) is 0 Å². The molecule has 0 fully saturated rings. The van der Waals surface area contributed by atoms with Gasteiger partial charge in [0.2, 0.25) is 0 Å². The van der Waals surface area contributed by atoms with E-state index in [1.54, 1.807) is 0 Å². The van der Waals surface area contributed by atoms with Crippen LogP contribution in [-0.4, -0.2) is 32.4 Å². The van der Waals surface area contributed by atoms with Crippen LogP contribution in [0.4, 0.5) is 0 Å². The number of rotatable bonds is 2. The van der Waals surface area contributed by atoms with Gasteiger partial charge in [0.1, 0.15) is 22.6 Å². The van der Waals surface area contributed by atoms with Gasteiger partial charge in [0.25, 0.3) is 0 Å². The molecule has 0 spiro atoms. The molecule has 0 heterocycles. The molecule has 0 aromatic heterocycles. The van der Waals surface area contributed by atoms with Crippen LogP contribution < -0.4 is 75.4 Å². The summed E-state index contributed by atoms with van der Waals surface area (Å²) in [6.45, 7) is 0. The van der Waals surface area contributed by atoms with E-state index in [0.29, 0.717) is 12.1 Å². The molecule has 82 valence electrons. The molecule has 0 amide bonds. The third kappa shape index (κ3) is 6.36. The van der Waals surface area contributed by atoms with E-state index in [9.17, 15) is 9.59 Å². The molecule has 0 bridgehead atoms. The maximum absolute atomic E-state index is 10.4. The predicted molar refractivity (Wildman–Crippen MR) is 48.1 cm³/mol. The molecule has 1 aromatic rings. The van der Waals surface area contributed by atoms with Crippen molar-refractivity contribution in [2.24, 2.45) is 0 Å². The van der Waals surface area contributed by atoms with Gasteiger partial charge in [-0.25, -0.2) is 9.59 Å². The molecule has 1 aromatic carbocycles. The number of aromatic hydroxyl groups is 2. The Hall–Kier alpha value is 0.150. The third-order valence-electron chi connectivity index (χ3n) is 1.57. The van der Waals surface area contributed by atoms with Crippen LogP contribution in [0.3, 0.4) is 0 Å². The summed E-state index contributed by atoms with van der Waals surface area (Å²) in [4.78, 5) is 20.9. The fraction of sp³-hybridized carbons (Fsp3) is 0. The molecule has 0 saturated heterocycles. The smallest absolute Gasteiger partial charge is 1.00 e. The van der Waals surface area contributed by atoms with Gasteiger partial charge in [0.15, 0.2) is 0 Å². The van der Waals surface area contributed by atoms with Crippen LogP contribution in [0.25, 0.3) is 0 Å². The molecule has 10 heteroatoms. The first-order valence-electron chi connectivity index (χ1n) is 3.46. The Balaban J connectivity index is -0.0000000408. The van der Waals surface area contributed by atoms with E-state index in [2.05, 4.69) is 0 Å². The number of aromatic carboxylic acids is 2. The first-order chi connectivity index (χ1) is 6.43. The Morgan fingerprint density at radius 3 is 1.17 bits per heavy atom. The quantitative estimate of drug-likeness (QED) is 0.296. The second-order valence-corrected chi connectivity index (χ2v) is 2.50. The van der Waals surface area contributed by atoms with Crippen molar-refractivity contribution in [2.45, 2.75) is 0 Å². The molecule has 0 unspecified atom stereocenters. The van der Waals surface area contributed by atoms with Gasteiger partial charge in [0.05, 0.1) is 0 Å². The van der Waals surface area contributed by atoms with Gasteiger partial charge in [0, 0.05) is 0 Å². The molecule has 4 N–H and O–H groups in total. The second kappa shape index (κ2) is 11.0. The molecule has 18 heavy (non-hydrogen) atoms. The van der Waals surface area contributed by atoms with Gasteiger partial charge >= 0.3 is 87.4 Å². The zero-order valence-corrected chi connectivity index (χ0v) is 10.8. The standard InChI is InChI=1S/C8H6O6.4Li.4H/c9-5-1-3(7(11)12)6(10)2-4(5)8(13)14;;;;;;;;/h1-2,9-10H,(H,11,12)(H,13,14);;;;;;;;/q;4*+1;4*-1. The van der Waals surface area contributed by atoms with Gasteiger partial charge in [-0.15, -0.1) is 0 Å². The summed E-state index contributed by atoms with van der Waals surface area (Å²) in [6, 6.07) is 1.36. The van der Waals surface area contributed by atoms with Crippen molar-refractivity contribution in [3.05, 3.63) is 23.3 Å². The normalized spacial score (nSPS) is 7.56. The minimum absolute atomic E-state index is 0. The summed E-state index contributed by atoms with van der Waals surface area (Å²) in [7, 11) is 0. The summed E-state index contributed by atoms with van der Waals surface area (Å²) < 4.78 is 0. The Morgan fingerprint density at radius 2 is 1.00 bits per heavy atom. The van der Waals surface area contributed by atoms with Gasteiger partial charge < -0.3 is 26.1 Å². The van der Waals surface area contributed by atoms with Gasteiger partial charge in [-0.1, -0.05) is 0 Å². The molecule has 6 nitrogen and oxygen atoms in total. The molecular weight excluding hydrogens is 220 g/mol. The number of carboxylic acids is 2. The third-order valence-corrected chi connectivity index (χ3v) is 1.57. The zero-order valence-electron chi connectivity index (χ0n) is 14.8. The van der Waals surface area contributed by atoms with E-state index < -0.39 is 34.6 Å². The van der Waals surface area contributed by atoms with Crippen molar-refractivity contribution in [3.63, 3.8) is 0 Å². The van der Waals surface area contributed by atoms with Crippen molar-refractivity contribution in [1.82, 2.24) is 0 Å². The number of hydrogen-bond acceptors (Lipinski definition) is 4. The average Bonchev–Trinajstić information content (AvgIpc) is 2.07. The van der Waals surface area contributed by atoms with Crippen molar-refractivity contribution in [1.29, 1.82) is 0 Å². The summed E-state index contributed by atoms with van der Waals surface area (Å²) >= 11 is 0. The molecule has 0 atom stereocenters. The van der Waals surface area contributed by atoms with Crippen LogP contribution >= 0.6 is 0 Å². The fourth-order valence-electron chi connectivity index (χ4n) is 0.919. The SMILES string of the molecule is O=C(O)c1cc(O)c(C(=O)O)cc1O.[H-].[H-].[H-].[H-].[Li+].[Li+].[Li+].[Li+]. The monoisotopic (exact) mass is 230 g/mol. The number of hydrogen-bond donors (Lipinski definition) is 4. The Labute approximate surface area is 157 Å². The van der Waals surface area contributed by atoms with E-state index in [1.165, 1.54) is 0 Å². The molecule has 0 aliphatic heterocycles. The Bertz CT molecular complexity index is 398. The number of carbonyl (C=O) groups is 2. The Kier molecular flexibility index (Phi) is 16.3. The van der Waals surface area contributed by atoms with E-state index in [4.69, 9.17) is 20.4 Å². The molecule has 0 saturated carbocycles. The molecule has 0 aliphatic rings. The fourth-order valence-corrected chi connectivity index (χ4v) is 0.919. The molecule has 0 aliphatic carbocycles. The zero-order chi connectivity index (χ0) is 10.9. The first kappa shape index (κ1) is 26.7. The summed E-state index contributed by atoms with van der Waals surface area (Å²) in [5.41, 5.74) is -1.10. The van der Waals surface area contributed by atoms with Crippen LogP contribution in [0.1, 0.15) is 26.4 Å². The van der Waals surface area contributed by atoms with E-state index >= 15 is 0 Å². The van der Waals surface area contributed by atoms with Crippen LogP contribution in [0.5, 0.6) is 11.5 Å². The summed E-state index contributed by atoms with van der Waals surface area (Å²) in [5, 5.41) is 35.2. The average molecular weight is 230 g/mol. The summed E-state index contributed by atoms with van der Waals surface area (Å²) in [6.07, 6.45) is 0. The Morgan fingerprint density at radius 1 is 0.778 bits per heavy atom. The topological polar surface area (TPSA) is 115 Å². The van der Waals surface area contributed by atoms with Crippen LogP contribution in [0.2, 0.25) is 0 Å². The van der Waals surface area contributed by atoms with Crippen molar-refractivity contribution in [3.8, 4) is 11.5 Å². The maximum atomic E-state index is 10.4. The van der Waals surface area contributed by atoms with E-state index in [1.807, 2.05) is 0 Å². The van der Waals surface area contributed by atoms with E-state index in [-0.39, 0.29) is 81.1 Å². The van der Waals surface area contributed by atoms with Crippen molar-refractivity contribution in [2.75, 3.05) is 0 Å². The largest absolute Gasteiger partial charge is 1.00 e. The second-order valence-electron chi connectivity index (χ2n) is 2.50. The molecule has 0 radical (unpaired) electrons. The number of carboxylic acid groups (broad SMARTS) is 2. The van der Waals surface area contributed by atoms with Crippen LogP contribution in [-0.2, 0) is 0 Å². The predicted octanol–water partition coefficient (Wildman–Crippen LogP) is -11.0. The van der Waals surface area contributed by atoms with Crippen LogP contribution in [0, 0.1) is 0 Å². The van der Waals surface area contributed by atoms with Crippen LogP contribution in [0.15, 0.2) is 12.1 Å². The minimum atomic E-state index is -1.45. The summed E-state index contributed by atoms with van der Waals surface area (Å²) in [5.74, 6) is -4.30. The number of benzene rings is 1. The maximum Gasteiger partial charge on any atom is 1.00 e. The van der Waals surface area contributed by atoms with E-state index in [0.717, 1.165) is 0 Å². The molecular formula is C8H10Li4O6. The van der Waals surface area contributed by atoms with Crippen molar-refractivity contribution >= 4 is 11.9 Å². The van der Waals surface area contributed by atoms with Gasteiger partial charge in [-0.05, 0) is 12.1 Å².